The van der Waals surface area contributed by atoms with Gasteiger partial charge in [0.05, 0.1) is 71.1 Å². The number of hydrogen-bond donors (Lipinski definition) is 4. The summed E-state index contributed by atoms with van der Waals surface area (Å²) in [5.41, 5.74) is 18.3. The van der Waals surface area contributed by atoms with Gasteiger partial charge in [0.25, 0.3) is 0 Å². The molecule has 4 fully saturated rings. The number of carbonyl (C=O) groups excluding carboxylic acids is 5. The summed E-state index contributed by atoms with van der Waals surface area (Å²) >= 11 is 0. The molecule has 6 heterocycles. The molecule has 5 N–H and O–H groups in total. The van der Waals surface area contributed by atoms with Crippen LogP contribution >= 0.6 is 16.9 Å². The van der Waals surface area contributed by atoms with Gasteiger partial charge in [-0.25, -0.2) is 19.2 Å². The van der Waals surface area contributed by atoms with E-state index in [1.54, 1.807) is 79.4 Å². The molecule has 0 aromatic carbocycles. The predicted molar refractivity (Wildman–Crippen MR) is 419 cm³/mol. The van der Waals surface area contributed by atoms with Crippen LogP contribution in [-0.2, 0) is 80.4 Å². The normalized spacial score (nSPS) is 29.1. The number of esters is 2. The van der Waals surface area contributed by atoms with E-state index in [1.807, 2.05) is 100 Å². The summed E-state index contributed by atoms with van der Waals surface area (Å²) in [7, 11) is 10.8. The molecule has 6 rings (SSSR count). The molecular formula is C75H130BN13NaO21P2. The van der Waals surface area contributed by atoms with E-state index < -0.39 is 124 Å². The van der Waals surface area contributed by atoms with Crippen molar-refractivity contribution in [2.75, 3.05) is 88.2 Å². The SMILES string of the molecule is CC[C@@H](O)[C@@]1(C)OC(=O)N(CCCCN=[N+]=[N-])[C@@H]1CN.CC[C@@H](O)[C@@]1(C)OC(=O)N(CCCCN=[N+]=[N-])[C@@H]1CNC[C@H](C)C[C@@](C)(OC)[C@H](O[C@@H]1OC(C)CC(N(C)C)C1P=O)[C@@H](C)C1=C(C)C(=O)OC(C)(C)O1.CO[C@](C)(C[C@@H](C)C=O)[C@H](O[C@@H]1OC(C)CC(N(C)C)C1P=O)[C@@H](C)C1=C(C)C(=O)OC(C)(C)O1.[B].[C-]#N.[Na+]. The number of nitrogens with zero attached hydrogens (tertiary/aromatic N) is 11. The first kappa shape index (κ1) is 106. The number of azide groups is 2. The molecule has 0 aromatic rings. The monoisotopic (exact) mass is 1640 g/mol. The van der Waals surface area contributed by atoms with Gasteiger partial charge in [0.2, 0.25) is 11.6 Å². The zero-order chi connectivity index (χ0) is 84.5. The first-order chi connectivity index (χ1) is 52.0. The molecule has 6 aliphatic heterocycles. The van der Waals surface area contributed by atoms with Crippen LogP contribution in [0.4, 0.5) is 9.59 Å². The molecule has 0 aromatic heterocycles. The molecule has 635 valence electrons. The number of aliphatic hydroxyl groups excluding tert-OH is 2. The third-order valence-corrected chi connectivity index (χ3v) is 23.6. The fourth-order valence-electron chi connectivity index (χ4n) is 15.7. The average Bonchev–Trinajstić information content (AvgIpc) is 1.75. The van der Waals surface area contributed by atoms with Crippen LogP contribution in [0.3, 0.4) is 0 Å². The summed E-state index contributed by atoms with van der Waals surface area (Å²) in [6.45, 7) is 40.2. The van der Waals surface area contributed by atoms with E-state index >= 15 is 0 Å². The number of ether oxygens (including phenoxy) is 12. The number of amides is 2. The largest absolute Gasteiger partial charge is 1.00 e. The number of nitrogens with two attached hydrogens (primary N) is 1. The van der Waals surface area contributed by atoms with Gasteiger partial charge in [0.15, 0.2) is 40.7 Å². The van der Waals surface area contributed by atoms with E-state index in [0.29, 0.717) is 126 Å². The van der Waals surface area contributed by atoms with E-state index in [-0.39, 0.29) is 104 Å². The van der Waals surface area contributed by atoms with Crippen LogP contribution in [0.2, 0.25) is 0 Å². The summed E-state index contributed by atoms with van der Waals surface area (Å²) in [5, 5.41) is 37.9. The minimum Gasteiger partial charge on any atom is -0.512 e. The number of cyclic esters (lactones) is 4. The van der Waals surface area contributed by atoms with E-state index in [1.165, 1.54) is 0 Å². The zero-order valence-corrected chi connectivity index (χ0v) is 75.4. The molecule has 0 saturated carbocycles. The second-order valence-electron chi connectivity index (χ2n) is 32.1. The Bertz CT molecular complexity index is 3250. The molecule has 6 unspecified atom stereocenters. The first-order valence-corrected chi connectivity index (χ1v) is 40.2. The van der Waals surface area contributed by atoms with Gasteiger partial charge in [-0.15, -0.1) is 0 Å². The average molecular weight is 1650 g/mol. The Labute approximate surface area is 697 Å². The molecule has 113 heavy (non-hydrogen) atoms. The number of aldehydes is 1. The quantitative estimate of drug-likeness (QED) is 0.00433. The Balaban J connectivity index is 0.000000924. The molecule has 4 saturated heterocycles. The predicted octanol–water partition coefficient (Wildman–Crippen LogP) is 7.83. The molecule has 38 heteroatoms. The summed E-state index contributed by atoms with van der Waals surface area (Å²) in [6, 6.07) is -0.886. The minimum atomic E-state index is -1.20. The number of methoxy groups -OCH3 is 2. The fraction of sp³-hybridized carbons (Fsp3) is 0.867. The summed E-state index contributed by atoms with van der Waals surface area (Å²) < 4.78 is 97.9. The third kappa shape index (κ3) is 28.1. The van der Waals surface area contributed by atoms with Gasteiger partial charge in [-0.2, -0.15) is 0 Å². The minimum absolute atomic E-state index is 0. The van der Waals surface area contributed by atoms with Crippen molar-refractivity contribution >= 4 is 55.7 Å². The Morgan fingerprint density at radius 2 is 1.05 bits per heavy atom. The van der Waals surface area contributed by atoms with Crippen LogP contribution < -0.4 is 40.6 Å². The Morgan fingerprint density at radius 1 is 0.681 bits per heavy atom. The maximum absolute atomic E-state index is 13.1. The number of unbranched alkanes of at least 4 members (excludes halogenated alkanes) is 2. The molecule has 6 aliphatic rings. The smallest absolute Gasteiger partial charge is 0.512 e. The maximum Gasteiger partial charge on any atom is 1.00 e. The summed E-state index contributed by atoms with van der Waals surface area (Å²) in [6.07, 6.45) is 0.736. The van der Waals surface area contributed by atoms with E-state index in [0.717, 1.165) is 6.29 Å². The molecule has 34 nitrogen and oxygen atoms in total. The fourth-order valence-corrected chi connectivity index (χ4v) is 17.3. The van der Waals surface area contributed by atoms with Crippen LogP contribution in [0.5, 0.6) is 0 Å². The zero-order valence-electron chi connectivity index (χ0n) is 71.6. The molecule has 0 bridgehead atoms. The molecule has 3 radical (unpaired) electrons. The van der Waals surface area contributed by atoms with Gasteiger partial charge in [-0.3, -0.25) is 18.9 Å². The first-order valence-electron chi connectivity index (χ1n) is 38.4. The van der Waals surface area contributed by atoms with Gasteiger partial charge in [-0.1, -0.05) is 51.8 Å². The van der Waals surface area contributed by atoms with Crippen molar-refractivity contribution in [3.8, 4) is 0 Å². The molecular weight excluding hydrogens is 1510 g/mol. The topological polar surface area (TPSA) is 443 Å². The standard InChI is InChI=1S/C37H65N6O10P.C25H42NO8P.C12H23N5O3.CN.B.Na/c1-13-28(44)37(9)27(43(34(46)53-37)17-15-14-16-40-41-38)21-39-20-22(2)19-36(8,48-12)31(24(4)29-25(5)32(45)52-35(6,7)51-29)50-33-30(54-47)26(42(10)11)18-23(3)49-33;1-14(13-27)12-25(7,30-10)21(16(3)19-17(4)22(28)34-24(5,6)33-19)32-23-20(35-29)18(26(8)9)11-15(2)31-23;1-3-10(18)12(2)9(8-13)17(11(19)20-12)7-5-4-6-15-16-14;1-2;;/h22-24,26-28,30-31,33,39,44H,13-21H2,1-12H3;13-16,18,20-21,23H,11-12H2,1-10H3;9-10,18H,3-8,13H2,1-2H3;;;/q;;;-1;;+1/t22-,23?,24+,26?,27-,28-,30?,31-,33+,36-,37+;14-,15?,16+,18?,20?,21-,23+,25-;9-,10-,12+;;;/m111.../s1. The maximum atomic E-state index is 13.1. The van der Waals surface area contributed by atoms with Crippen molar-refractivity contribution in [3.63, 3.8) is 0 Å². The third-order valence-electron chi connectivity index (χ3n) is 21.9. The summed E-state index contributed by atoms with van der Waals surface area (Å²) in [4.78, 5) is 74.9. The van der Waals surface area contributed by atoms with Crippen molar-refractivity contribution in [1.82, 2.24) is 24.9 Å². The second kappa shape index (κ2) is 48.3. The van der Waals surface area contributed by atoms with Gasteiger partial charge < -0.3 is 105 Å². The Kier molecular flexibility index (Phi) is 45.3. The van der Waals surface area contributed by atoms with Crippen LogP contribution in [0.15, 0.2) is 32.9 Å². The van der Waals surface area contributed by atoms with Gasteiger partial charge >= 0.3 is 53.7 Å². The number of nitrogens with one attached hydrogen (secondary N) is 1. The van der Waals surface area contributed by atoms with Crippen LogP contribution in [0.25, 0.3) is 20.9 Å². The number of hydrogen-bond acceptors (Lipinski definition) is 28. The van der Waals surface area contributed by atoms with Crippen molar-refractivity contribution in [2.24, 2.45) is 39.6 Å². The van der Waals surface area contributed by atoms with E-state index in [4.69, 9.17) is 85.5 Å². The molecule has 0 aliphatic carbocycles. The van der Waals surface area contributed by atoms with E-state index in [9.17, 15) is 43.3 Å². The molecule has 22 atom stereocenters. The van der Waals surface area contributed by atoms with Crippen molar-refractivity contribution < 1.29 is 130 Å². The van der Waals surface area contributed by atoms with Gasteiger partial charge in [0, 0.05) is 129 Å². The molecule has 0 spiro atoms. The Morgan fingerprint density at radius 3 is 1.39 bits per heavy atom. The van der Waals surface area contributed by atoms with Gasteiger partial charge in [-0.05, 0) is 171 Å². The van der Waals surface area contributed by atoms with Crippen molar-refractivity contribution in [1.29, 1.82) is 5.26 Å². The number of rotatable bonds is 40. The van der Waals surface area contributed by atoms with Crippen molar-refractivity contribution in [2.45, 2.75) is 308 Å². The second-order valence-corrected chi connectivity index (χ2v) is 33.7. The van der Waals surface area contributed by atoms with Crippen LogP contribution in [0.1, 0.15) is 189 Å². The number of carbonyl (C=O) groups is 5. The number of aliphatic hydroxyl groups is 2. The van der Waals surface area contributed by atoms with Crippen molar-refractivity contribution in [3.05, 3.63) is 50.1 Å². The van der Waals surface area contributed by atoms with Gasteiger partial charge in [0.1, 0.15) is 29.1 Å². The summed E-state index contributed by atoms with van der Waals surface area (Å²) in [5.74, 6) is -3.74. The van der Waals surface area contributed by atoms with Crippen LogP contribution in [0, 0.1) is 35.5 Å². The Hall–Kier alpha value is -4.88. The molecule has 2 amide bonds. The van der Waals surface area contributed by atoms with Crippen LogP contribution in [-0.4, -0.2) is 276 Å². The van der Waals surface area contributed by atoms with E-state index in [2.05, 4.69) is 32.3 Å².